The zero-order valence-electron chi connectivity index (χ0n) is 11.7. The second-order valence-corrected chi connectivity index (χ2v) is 6.45. The maximum absolute atomic E-state index is 12.4. The first-order valence-corrected chi connectivity index (χ1v) is 8.01. The molecule has 5 nitrogen and oxygen atoms in total. The zero-order chi connectivity index (χ0) is 14.2. The number of hydrogen-bond acceptors (Lipinski definition) is 4. The highest BCUT2D eigenvalue weighted by atomic mass is 32.1. The van der Waals surface area contributed by atoms with E-state index in [1.165, 1.54) is 11.3 Å². The summed E-state index contributed by atoms with van der Waals surface area (Å²) < 4.78 is 0. The molecule has 0 saturated carbocycles. The fraction of sp³-hybridized carbons (Fsp3) is 0.643. The largest absolute Gasteiger partial charge is 0.338 e. The minimum absolute atomic E-state index is 0.00301. The summed E-state index contributed by atoms with van der Waals surface area (Å²) in [6.45, 7) is 1.41. The van der Waals surface area contributed by atoms with Crippen molar-refractivity contribution < 1.29 is 9.59 Å². The minimum atomic E-state index is -0.154. The van der Waals surface area contributed by atoms with Crippen LogP contribution < -0.4 is 0 Å². The molecule has 3 rings (SSSR count). The number of likely N-dealkylation sites (tertiary alicyclic amines) is 2. The number of piperidine rings is 2. The molecule has 1 spiro atoms. The van der Waals surface area contributed by atoms with Crippen LogP contribution in [0.3, 0.4) is 0 Å². The van der Waals surface area contributed by atoms with Crippen LogP contribution in [0, 0.1) is 0 Å². The molecule has 2 aliphatic rings. The van der Waals surface area contributed by atoms with Gasteiger partial charge in [0, 0.05) is 31.9 Å². The summed E-state index contributed by atoms with van der Waals surface area (Å²) in [6, 6.07) is 0. The molecule has 20 heavy (non-hydrogen) atoms. The van der Waals surface area contributed by atoms with E-state index >= 15 is 0 Å². The van der Waals surface area contributed by atoms with Crippen LogP contribution in [0.1, 0.15) is 42.6 Å². The Kier molecular flexibility index (Phi) is 3.50. The van der Waals surface area contributed by atoms with Crippen molar-refractivity contribution in [2.24, 2.45) is 0 Å². The normalized spacial score (nSPS) is 27.1. The van der Waals surface area contributed by atoms with Gasteiger partial charge in [-0.05, 0) is 25.7 Å². The maximum Gasteiger partial charge on any atom is 0.273 e. The quantitative estimate of drug-likeness (QED) is 0.793. The van der Waals surface area contributed by atoms with Crippen molar-refractivity contribution in [3.63, 3.8) is 0 Å². The van der Waals surface area contributed by atoms with E-state index in [0.29, 0.717) is 18.7 Å². The van der Waals surface area contributed by atoms with Gasteiger partial charge in [0.25, 0.3) is 5.91 Å². The third-order valence-corrected chi connectivity index (χ3v) is 5.20. The van der Waals surface area contributed by atoms with Crippen molar-refractivity contribution in [1.82, 2.24) is 14.8 Å². The Balaban J connectivity index is 1.79. The molecule has 1 aromatic heterocycles. The van der Waals surface area contributed by atoms with Crippen molar-refractivity contribution in [2.75, 3.05) is 20.1 Å². The average Bonchev–Trinajstić information content (AvgIpc) is 2.98. The highest BCUT2D eigenvalue weighted by molar-refractivity contribution is 7.07. The van der Waals surface area contributed by atoms with Crippen LogP contribution in [-0.4, -0.2) is 52.3 Å². The van der Waals surface area contributed by atoms with Crippen LogP contribution in [0.25, 0.3) is 0 Å². The Morgan fingerprint density at radius 2 is 2.20 bits per heavy atom. The van der Waals surface area contributed by atoms with E-state index in [1.807, 2.05) is 16.8 Å². The molecule has 2 aliphatic heterocycles. The smallest absolute Gasteiger partial charge is 0.273 e. The Bertz CT molecular complexity index is 512. The molecule has 0 radical (unpaired) electrons. The molecule has 1 aromatic rings. The van der Waals surface area contributed by atoms with Gasteiger partial charge in [0.2, 0.25) is 5.91 Å². The molecule has 0 bridgehead atoms. The van der Waals surface area contributed by atoms with Crippen LogP contribution >= 0.6 is 11.3 Å². The number of rotatable bonds is 1. The average molecular weight is 293 g/mol. The molecule has 1 atom stereocenters. The second-order valence-electron chi connectivity index (χ2n) is 5.73. The lowest BCUT2D eigenvalue weighted by Crippen LogP contribution is -2.61. The van der Waals surface area contributed by atoms with Gasteiger partial charge in [0.05, 0.1) is 11.0 Å². The second kappa shape index (κ2) is 5.16. The molecular weight excluding hydrogens is 274 g/mol. The lowest BCUT2D eigenvalue weighted by Gasteiger charge is -2.50. The maximum atomic E-state index is 12.4. The van der Waals surface area contributed by atoms with E-state index in [0.717, 1.165) is 32.2 Å². The van der Waals surface area contributed by atoms with Crippen molar-refractivity contribution in [3.05, 3.63) is 16.6 Å². The first-order chi connectivity index (χ1) is 9.62. The number of aromatic nitrogens is 1. The Morgan fingerprint density at radius 3 is 2.95 bits per heavy atom. The number of carbonyl (C=O) groups excluding carboxylic acids is 2. The van der Waals surface area contributed by atoms with Gasteiger partial charge < -0.3 is 9.80 Å². The SMILES string of the molecule is CN1C(=O)CCCC12CCCN(C(=O)c1cscn1)C2. The van der Waals surface area contributed by atoms with Gasteiger partial charge >= 0.3 is 0 Å². The van der Waals surface area contributed by atoms with Gasteiger partial charge in [-0.2, -0.15) is 0 Å². The van der Waals surface area contributed by atoms with Crippen molar-refractivity contribution >= 4 is 23.2 Å². The summed E-state index contributed by atoms with van der Waals surface area (Å²) in [6.07, 6.45) is 4.51. The summed E-state index contributed by atoms with van der Waals surface area (Å²) in [7, 11) is 1.89. The standard InChI is InChI=1S/C14H19N3O2S/c1-16-12(18)4-2-5-14(16)6-3-7-17(9-14)13(19)11-8-20-10-15-11/h8,10H,2-7,9H2,1H3. The summed E-state index contributed by atoms with van der Waals surface area (Å²) in [4.78, 5) is 32.3. The number of nitrogens with zero attached hydrogens (tertiary/aromatic N) is 3. The number of amides is 2. The predicted molar refractivity (Wildman–Crippen MR) is 76.6 cm³/mol. The highest BCUT2D eigenvalue weighted by Crippen LogP contribution is 2.35. The highest BCUT2D eigenvalue weighted by Gasteiger charge is 2.44. The molecule has 0 aromatic carbocycles. The molecule has 108 valence electrons. The molecular formula is C14H19N3O2S. The molecule has 2 saturated heterocycles. The van der Waals surface area contributed by atoms with Crippen molar-refractivity contribution in [1.29, 1.82) is 0 Å². The van der Waals surface area contributed by atoms with Gasteiger partial charge in [-0.25, -0.2) is 4.98 Å². The molecule has 1 unspecified atom stereocenters. The van der Waals surface area contributed by atoms with Crippen LogP contribution in [0.4, 0.5) is 0 Å². The first-order valence-electron chi connectivity index (χ1n) is 7.06. The molecule has 6 heteroatoms. The number of thiazole rings is 1. The van der Waals surface area contributed by atoms with Crippen molar-refractivity contribution in [3.8, 4) is 0 Å². The van der Waals surface area contributed by atoms with Gasteiger partial charge in [0.1, 0.15) is 5.69 Å². The third kappa shape index (κ3) is 2.22. The summed E-state index contributed by atoms with van der Waals surface area (Å²) in [5, 5.41) is 1.79. The number of likely N-dealkylation sites (N-methyl/N-ethyl adjacent to an activating group) is 1. The summed E-state index contributed by atoms with van der Waals surface area (Å²) in [5.74, 6) is 0.205. The van der Waals surface area contributed by atoms with Crippen LogP contribution in [0.5, 0.6) is 0 Å². The zero-order valence-corrected chi connectivity index (χ0v) is 12.5. The topological polar surface area (TPSA) is 53.5 Å². The molecule has 3 heterocycles. The van der Waals surface area contributed by atoms with Crippen LogP contribution in [0.15, 0.2) is 10.9 Å². The van der Waals surface area contributed by atoms with Crippen molar-refractivity contribution in [2.45, 2.75) is 37.6 Å². The lowest BCUT2D eigenvalue weighted by molar-refractivity contribution is -0.142. The third-order valence-electron chi connectivity index (χ3n) is 4.61. The number of hydrogen-bond donors (Lipinski definition) is 0. The Hall–Kier alpha value is -1.43. The van der Waals surface area contributed by atoms with E-state index in [9.17, 15) is 9.59 Å². The first kappa shape index (κ1) is 13.5. The molecule has 2 fully saturated rings. The molecule has 0 N–H and O–H groups in total. The van der Waals surface area contributed by atoms with Crippen LogP contribution in [-0.2, 0) is 4.79 Å². The predicted octanol–water partition coefficient (Wildman–Crippen LogP) is 1.76. The monoisotopic (exact) mass is 293 g/mol. The Morgan fingerprint density at radius 1 is 1.40 bits per heavy atom. The minimum Gasteiger partial charge on any atom is -0.338 e. The van der Waals surface area contributed by atoms with Gasteiger partial charge in [0.15, 0.2) is 0 Å². The molecule has 2 amide bonds. The van der Waals surface area contributed by atoms with E-state index in [1.54, 1.807) is 10.9 Å². The molecule has 0 aliphatic carbocycles. The lowest BCUT2D eigenvalue weighted by atomic mass is 9.80. The summed E-state index contributed by atoms with van der Waals surface area (Å²) in [5.41, 5.74) is 2.06. The van der Waals surface area contributed by atoms with E-state index in [2.05, 4.69) is 4.98 Å². The Labute approximate surface area is 122 Å². The van der Waals surface area contributed by atoms with E-state index in [4.69, 9.17) is 0 Å². The number of carbonyl (C=O) groups is 2. The van der Waals surface area contributed by atoms with E-state index < -0.39 is 0 Å². The fourth-order valence-corrected chi connectivity index (χ4v) is 3.94. The van der Waals surface area contributed by atoms with Gasteiger partial charge in [-0.15, -0.1) is 11.3 Å². The van der Waals surface area contributed by atoms with Gasteiger partial charge in [-0.3, -0.25) is 9.59 Å². The van der Waals surface area contributed by atoms with E-state index in [-0.39, 0.29) is 17.4 Å². The fourth-order valence-electron chi connectivity index (χ4n) is 3.41. The van der Waals surface area contributed by atoms with Crippen LogP contribution in [0.2, 0.25) is 0 Å². The van der Waals surface area contributed by atoms with Gasteiger partial charge in [-0.1, -0.05) is 0 Å². The summed E-state index contributed by atoms with van der Waals surface area (Å²) >= 11 is 1.44.